The molecule has 0 radical (unpaired) electrons. The molecule has 140 valence electrons. The maximum absolute atomic E-state index is 12.5. The minimum absolute atomic E-state index is 0.0554. The third-order valence-electron chi connectivity index (χ3n) is 4.05. The second kappa shape index (κ2) is 7.04. The molecule has 10 heteroatoms. The van der Waals surface area contributed by atoms with Gasteiger partial charge in [-0.05, 0) is 12.1 Å². The number of alkyl halides is 3. The molecule has 0 bridgehead atoms. The van der Waals surface area contributed by atoms with Crippen molar-refractivity contribution in [3.05, 3.63) is 35.7 Å². The summed E-state index contributed by atoms with van der Waals surface area (Å²) >= 11 is 0. The maximum atomic E-state index is 12.5. The van der Waals surface area contributed by atoms with Crippen LogP contribution in [0, 0.1) is 0 Å². The first-order valence-electron chi connectivity index (χ1n) is 7.87. The number of nitrogens with one attached hydrogen (secondary N) is 1. The molecule has 0 aliphatic carbocycles. The lowest BCUT2D eigenvalue weighted by atomic mass is 9.94. The number of carbonyl (C=O) groups is 1. The first kappa shape index (κ1) is 18.3. The Morgan fingerprint density at radius 2 is 2.04 bits per heavy atom. The van der Waals surface area contributed by atoms with E-state index in [9.17, 15) is 23.1 Å². The third kappa shape index (κ3) is 4.20. The summed E-state index contributed by atoms with van der Waals surface area (Å²) in [4.78, 5) is 15.6. The van der Waals surface area contributed by atoms with Crippen molar-refractivity contribution >= 4 is 5.91 Å². The SMILES string of the molecule is O=C(NCC1(O)CCOCC1)c1cccc(-c2noc(C(F)(F)F)n2)c1. The third-order valence-corrected chi connectivity index (χ3v) is 4.05. The molecule has 0 spiro atoms. The molecule has 2 aromatic rings. The average molecular weight is 371 g/mol. The fourth-order valence-corrected chi connectivity index (χ4v) is 2.53. The number of hydrogen-bond acceptors (Lipinski definition) is 6. The van der Waals surface area contributed by atoms with Gasteiger partial charge in [0.15, 0.2) is 0 Å². The predicted molar refractivity (Wildman–Crippen MR) is 82.1 cm³/mol. The van der Waals surface area contributed by atoms with Crippen LogP contribution < -0.4 is 5.32 Å². The molecule has 2 heterocycles. The lowest BCUT2D eigenvalue weighted by Crippen LogP contribution is -2.46. The number of hydrogen-bond donors (Lipinski definition) is 2. The van der Waals surface area contributed by atoms with Gasteiger partial charge in [0.2, 0.25) is 5.82 Å². The molecule has 1 saturated heterocycles. The van der Waals surface area contributed by atoms with Gasteiger partial charge < -0.3 is 19.7 Å². The van der Waals surface area contributed by atoms with Gasteiger partial charge in [0, 0.05) is 43.7 Å². The Hall–Kier alpha value is -2.46. The number of ether oxygens (including phenoxy) is 1. The van der Waals surface area contributed by atoms with Crippen LogP contribution in [0.3, 0.4) is 0 Å². The summed E-state index contributed by atoms with van der Waals surface area (Å²) in [7, 11) is 0. The Morgan fingerprint density at radius 3 is 2.69 bits per heavy atom. The summed E-state index contributed by atoms with van der Waals surface area (Å²) in [6, 6.07) is 5.82. The number of benzene rings is 1. The summed E-state index contributed by atoms with van der Waals surface area (Å²) in [6.45, 7) is 0.891. The highest BCUT2D eigenvalue weighted by Gasteiger charge is 2.38. The molecular formula is C16H16F3N3O4. The van der Waals surface area contributed by atoms with Gasteiger partial charge in [0.25, 0.3) is 5.91 Å². The van der Waals surface area contributed by atoms with Crippen molar-refractivity contribution in [1.82, 2.24) is 15.5 Å². The summed E-state index contributed by atoms with van der Waals surface area (Å²) in [6.07, 6.45) is -3.91. The van der Waals surface area contributed by atoms with Crippen LogP contribution in [-0.2, 0) is 10.9 Å². The minimum atomic E-state index is -4.74. The van der Waals surface area contributed by atoms with Crippen LogP contribution in [0.15, 0.2) is 28.8 Å². The molecule has 0 saturated carbocycles. The van der Waals surface area contributed by atoms with Gasteiger partial charge in [-0.2, -0.15) is 18.2 Å². The quantitative estimate of drug-likeness (QED) is 0.854. The summed E-state index contributed by atoms with van der Waals surface area (Å²) in [5.41, 5.74) is -0.612. The van der Waals surface area contributed by atoms with Gasteiger partial charge in [0.1, 0.15) is 0 Å². The molecule has 1 fully saturated rings. The first-order valence-corrected chi connectivity index (χ1v) is 7.87. The predicted octanol–water partition coefficient (Wildman–Crippen LogP) is 2.03. The van der Waals surface area contributed by atoms with Crippen LogP contribution in [0.5, 0.6) is 0 Å². The number of halogens is 3. The molecule has 0 unspecified atom stereocenters. The second-order valence-electron chi connectivity index (χ2n) is 6.02. The lowest BCUT2D eigenvalue weighted by Gasteiger charge is -2.32. The number of carbonyl (C=O) groups excluding carboxylic acids is 1. The normalized spacial score (nSPS) is 17.1. The highest BCUT2D eigenvalue weighted by atomic mass is 19.4. The molecule has 1 aliphatic heterocycles. The van der Waals surface area contributed by atoms with Crippen LogP contribution in [0.1, 0.15) is 29.1 Å². The monoisotopic (exact) mass is 371 g/mol. The number of amides is 1. The van der Waals surface area contributed by atoms with Crippen LogP contribution in [0.4, 0.5) is 13.2 Å². The lowest BCUT2D eigenvalue weighted by molar-refractivity contribution is -0.159. The maximum Gasteiger partial charge on any atom is 0.471 e. The molecule has 26 heavy (non-hydrogen) atoms. The van der Waals surface area contributed by atoms with E-state index in [1.807, 2.05) is 0 Å². The van der Waals surface area contributed by atoms with Gasteiger partial charge in [-0.1, -0.05) is 17.3 Å². The van der Waals surface area contributed by atoms with E-state index in [4.69, 9.17) is 4.74 Å². The van der Waals surface area contributed by atoms with E-state index >= 15 is 0 Å². The Kier molecular flexibility index (Phi) is 4.97. The molecule has 1 aromatic heterocycles. The van der Waals surface area contributed by atoms with Crippen molar-refractivity contribution in [3.63, 3.8) is 0 Å². The Morgan fingerprint density at radius 1 is 1.31 bits per heavy atom. The molecule has 1 aliphatic rings. The van der Waals surface area contributed by atoms with Crippen molar-refractivity contribution < 1.29 is 32.3 Å². The Labute approximate surface area is 146 Å². The molecule has 7 nitrogen and oxygen atoms in total. The van der Waals surface area contributed by atoms with Gasteiger partial charge >= 0.3 is 12.1 Å². The summed E-state index contributed by atoms with van der Waals surface area (Å²) in [5.74, 6) is -2.19. The molecule has 3 rings (SSSR count). The van der Waals surface area contributed by atoms with Gasteiger partial charge in [-0.25, -0.2) is 0 Å². The van der Waals surface area contributed by atoms with E-state index in [0.717, 1.165) is 0 Å². The van der Waals surface area contributed by atoms with Gasteiger partial charge in [-0.15, -0.1) is 0 Å². The van der Waals surface area contributed by atoms with Crippen molar-refractivity contribution in [2.45, 2.75) is 24.6 Å². The summed E-state index contributed by atoms with van der Waals surface area (Å²) in [5, 5.41) is 16.3. The van der Waals surface area contributed by atoms with Crippen LogP contribution in [0.2, 0.25) is 0 Å². The average Bonchev–Trinajstić information content (AvgIpc) is 3.11. The summed E-state index contributed by atoms with van der Waals surface area (Å²) < 4.78 is 47.0. The molecule has 2 N–H and O–H groups in total. The van der Waals surface area contributed by atoms with E-state index in [1.54, 1.807) is 0 Å². The largest absolute Gasteiger partial charge is 0.471 e. The van der Waals surface area contributed by atoms with Gasteiger partial charge in [0.05, 0.1) is 5.60 Å². The van der Waals surface area contributed by atoms with Crippen molar-refractivity contribution in [2.75, 3.05) is 19.8 Å². The van der Waals surface area contributed by atoms with Crippen LogP contribution >= 0.6 is 0 Å². The number of rotatable bonds is 4. The van der Waals surface area contributed by atoms with E-state index in [2.05, 4.69) is 20.0 Å². The highest BCUT2D eigenvalue weighted by molar-refractivity contribution is 5.95. The zero-order valence-electron chi connectivity index (χ0n) is 13.5. The number of aliphatic hydroxyl groups is 1. The fourth-order valence-electron chi connectivity index (χ4n) is 2.53. The number of nitrogens with zero attached hydrogens (tertiary/aromatic N) is 2. The molecule has 1 amide bonds. The van der Waals surface area contributed by atoms with Crippen molar-refractivity contribution in [3.8, 4) is 11.4 Å². The van der Waals surface area contributed by atoms with E-state index in [1.165, 1.54) is 24.3 Å². The fraction of sp³-hybridized carbons (Fsp3) is 0.438. The number of aromatic nitrogens is 2. The smallest absolute Gasteiger partial charge is 0.388 e. The minimum Gasteiger partial charge on any atom is -0.388 e. The second-order valence-corrected chi connectivity index (χ2v) is 6.02. The molecule has 0 atom stereocenters. The zero-order valence-corrected chi connectivity index (χ0v) is 13.5. The van der Waals surface area contributed by atoms with E-state index in [0.29, 0.717) is 26.1 Å². The molecular weight excluding hydrogens is 355 g/mol. The Balaban J connectivity index is 1.70. The van der Waals surface area contributed by atoms with E-state index in [-0.39, 0.29) is 23.5 Å². The Bertz CT molecular complexity index is 785. The zero-order chi connectivity index (χ0) is 18.8. The topological polar surface area (TPSA) is 97.5 Å². The van der Waals surface area contributed by atoms with Crippen molar-refractivity contribution in [2.24, 2.45) is 0 Å². The van der Waals surface area contributed by atoms with Crippen LogP contribution in [0.25, 0.3) is 11.4 Å². The first-order chi connectivity index (χ1) is 12.3. The molecule has 1 aromatic carbocycles. The van der Waals surface area contributed by atoms with Crippen LogP contribution in [-0.4, -0.2) is 46.5 Å². The van der Waals surface area contributed by atoms with E-state index < -0.39 is 23.6 Å². The standard InChI is InChI=1S/C16H16F3N3O4/c17-16(18,19)14-21-12(22-26-14)10-2-1-3-11(8-10)13(23)20-9-15(24)4-6-25-7-5-15/h1-3,8,24H,4-7,9H2,(H,20,23). The van der Waals surface area contributed by atoms with Crippen molar-refractivity contribution in [1.29, 1.82) is 0 Å². The highest BCUT2D eigenvalue weighted by Crippen LogP contribution is 2.29. The van der Waals surface area contributed by atoms with Gasteiger partial charge in [-0.3, -0.25) is 4.79 Å².